The van der Waals surface area contributed by atoms with Crippen LogP contribution in [0.5, 0.6) is 0 Å². The second kappa shape index (κ2) is 7.03. The smallest absolute Gasteiger partial charge is 0.243 e. The maximum absolute atomic E-state index is 12.3. The van der Waals surface area contributed by atoms with Crippen molar-refractivity contribution in [3.63, 3.8) is 0 Å². The Hall–Kier alpha value is -0.910. The molecule has 0 atom stereocenters. The highest BCUT2D eigenvalue weighted by molar-refractivity contribution is 7.89. The number of sulfonamides is 1. The summed E-state index contributed by atoms with van der Waals surface area (Å²) in [4.78, 5) is 0.362. The number of hydrogen-bond acceptors (Lipinski definition) is 3. The van der Waals surface area contributed by atoms with Crippen LogP contribution in [0.25, 0.3) is 0 Å². The molecule has 0 aliphatic rings. The van der Waals surface area contributed by atoms with Gasteiger partial charge in [-0.3, -0.25) is 0 Å². The number of hydrogen-bond donors (Lipinski definition) is 1. The van der Waals surface area contributed by atoms with Crippen molar-refractivity contribution in [3.05, 3.63) is 29.8 Å². The summed E-state index contributed by atoms with van der Waals surface area (Å²) in [7, 11) is 0.181. The predicted molar refractivity (Wildman–Crippen MR) is 78.8 cm³/mol. The van der Waals surface area contributed by atoms with Gasteiger partial charge in [-0.25, -0.2) is 8.42 Å². The van der Waals surface area contributed by atoms with Crippen LogP contribution in [0, 0.1) is 0 Å². The summed E-state index contributed by atoms with van der Waals surface area (Å²) < 4.78 is 25.9. The standard InChI is InChI=1S/C14H24N2O2S/c1-12(2)16(4)19(17,18)14-9-7-13(8-10-14)6-5-11-15-3/h7-10,12,15H,5-6,11H2,1-4H3. The van der Waals surface area contributed by atoms with E-state index < -0.39 is 10.0 Å². The molecule has 0 amide bonds. The Balaban J connectivity index is 2.81. The van der Waals surface area contributed by atoms with E-state index in [1.54, 1.807) is 19.2 Å². The van der Waals surface area contributed by atoms with Crippen LogP contribution in [0.2, 0.25) is 0 Å². The van der Waals surface area contributed by atoms with E-state index in [1.165, 1.54) is 9.87 Å². The average molecular weight is 284 g/mol. The van der Waals surface area contributed by atoms with Crippen LogP contribution in [-0.4, -0.2) is 39.4 Å². The lowest BCUT2D eigenvalue weighted by atomic mass is 10.1. The van der Waals surface area contributed by atoms with Crippen molar-refractivity contribution in [3.8, 4) is 0 Å². The van der Waals surface area contributed by atoms with Gasteiger partial charge in [0.15, 0.2) is 0 Å². The fourth-order valence-electron chi connectivity index (χ4n) is 1.74. The first-order valence-corrected chi connectivity index (χ1v) is 8.05. The fourth-order valence-corrected chi connectivity index (χ4v) is 3.11. The van der Waals surface area contributed by atoms with Gasteiger partial charge < -0.3 is 5.32 Å². The van der Waals surface area contributed by atoms with E-state index in [0.717, 1.165) is 19.4 Å². The lowest BCUT2D eigenvalue weighted by Crippen LogP contribution is -2.33. The molecule has 0 spiro atoms. The molecule has 0 fully saturated rings. The van der Waals surface area contributed by atoms with Crippen LogP contribution in [0.15, 0.2) is 29.2 Å². The molecule has 0 aliphatic carbocycles. The van der Waals surface area contributed by atoms with Crippen molar-refractivity contribution in [2.75, 3.05) is 20.6 Å². The molecule has 0 saturated carbocycles. The summed E-state index contributed by atoms with van der Waals surface area (Å²) in [5.74, 6) is 0. The van der Waals surface area contributed by atoms with E-state index in [0.29, 0.717) is 4.90 Å². The van der Waals surface area contributed by atoms with Gasteiger partial charge in [-0.1, -0.05) is 12.1 Å². The lowest BCUT2D eigenvalue weighted by Gasteiger charge is -2.21. The molecule has 0 unspecified atom stereocenters. The molecule has 0 heterocycles. The van der Waals surface area contributed by atoms with Crippen LogP contribution in [0.3, 0.4) is 0 Å². The van der Waals surface area contributed by atoms with Crippen LogP contribution in [0.4, 0.5) is 0 Å². The third-order valence-electron chi connectivity index (χ3n) is 3.22. The Morgan fingerprint density at radius 1 is 1.21 bits per heavy atom. The number of nitrogens with zero attached hydrogens (tertiary/aromatic N) is 1. The lowest BCUT2D eigenvalue weighted by molar-refractivity contribution is 0.410. The van der Waals surface area contributed by atoms with Gasteiger partial charge in [0.25, 0.3) is 0 Å². The minimum absolute atomic E-state index is 0.0414. The van der Waals surface area contributed by atoms with E-state index >= 15 is 0 Å². The highest BCUT2D eigenvalue weighted by Gasteiger charge is 2.22. The minimum atomic E-state index is -3.36. The molecule has 0 saturated heterocycles. The molecular weight excluding hydrogens is 260 g/mol. The van der Waals surface area contributed by atoms with Gasteiger partial charge in [-0.15, -0.1) is 0 Å². The van der Waals surface area contributed by atoms with E-state index in [2.05, 4.69) is 5.32 Å². The molecule has 1 aromatic rings. The molecule has 0 radical (unpaired) electrons. The maximum Gasteiger partial charge on any atom is 0.243 e. The first kappa shape index (κ1) is 16.1. The largest absolute Gasteiger partial charge is 0.320 e. The first-order chi connectivity index (χ1) is 8.89. The maximum atomic E-state index is 12.3. The highest BCUT2D eigenvalue weighted by Crippen LogP contribution is 2.17. The molecule has 5 heteroatoms. The Bertz CT molecular complexity index is 481. The van der Waals surface area contributed by atoms with Crippen molar-refractivity contribution in [1.82, 2.24) is 9.62 Å². The van der Waals surface area contributed by atoms with Crippen LogP contribution < -0.4 is 5.32 Å². The van der Waals surface area contributed by atoms with Gasteiger partial charge >= 0.3 is 0 Å². The molecule has 1 aromatic carbocycles. The molecule has 1 rings (SSSR count). The van der Waals surface area contributed by atoms with Crippen molar-refractivity contribution in [1.29, 1.82) is 0 Å². The van der Waals surface area contributed by atoms with Gasteiger partial charge in [0.2, 0.25) is 10.0 Å². The van der Waals surface area contributed by atoms with Crippen LogP contribution >= 0.6 is 0 Å². The van der Waals surface area contributed by atoms with Crippen molar-refractivity contribution < 1.29 is 8.42 Å². The third kappa shape index (κ3) is 4.30. The molecule has 1 N–H and O–H groups in total. The summed E-state index contributed by atoms with van der Waals surface area (Å²) in [5.41, 5.74) is 1.17. The summed E-state index contributed by atoms with van der Waals surface area (Å²) in [6, 6.07) is 7.15. The molecule has 4 nitrogen and oxygen atoms in total. The molecular formula is C14H24N2O2S. The van der Waals surface area contributed by atoms with Crippen LogP contribution in [0.1, 0.15) is 25.8 Å². The summed E-state index contributed by atoms with van der Waals surface area (Å²) in [6.45, 7) is 4.70. The summed E-state index contributed by atoms with van der Waals surface area (Å²) in [5, 5.41) is 3.10. The van der Waals surface area contributed by atoms with Gasteiger partial charge in [0.05, 0.1) is 4.90 Å². The second-order valence-corrected chi connectivity index (χ2v) is 6.96. The summed E-state index contributed by atoms with van der Waals surface area (Å²) in [6.07, 6.45) is 2.01. The zero-order valence-corrected chi connectivity index (χ0v) is 13.0. The van der Waals surface area contributed by atoms with Gasteiger partial charge in [0, 0.05) is 13.1 Å². The quantitative estimate of drug-likeness (QED) is 0.778. The van der Waals surface area contributed by atoms with Crippen molar-refractivity contribution >= 4 is 10.0 Å². The SMILES string of the molecule is CNCCCc1ccc(S(=O)(=O)N(C)C(C)C)cc1. The molecule has 0 bridgehead atoms. The van der Waals surface area contributed by atoms with E-state index in [-0.39, 0.29) is 6.04 Å². The Morgan fingerprint density at radius 2 is 1.79 bits per heavy atom. The second-order valence-electron chi connectivity index (χ2n) is 4.97. The van der Waals surface area contributed by atoms with Gasteiger partial charge in [-0.05, 0) is 58.0 Å². The Kier molecular flexibility index (Phi) is 5.97. The predicted octanol–water partition coefficient (Wildman–Crippen LogP) is 1.87. The Labute approximate surface area is 116 Å². The van der Waals surface area contributed by atoms with E-state index in [4.69, 9.17) is 0 Å². The number of benzene rings is 1. The van der Waals surface area contributed by atoms with E-state index in [1.807, 2.05) is 33.0 Å². The number of rotatable bonds is 7. The fraction of sp³-hybridized carbons (Fsp3) is 0.571. The topological polar surface area (TPSA) is 49.4 Å². The van der Waals surface area contributed by atoms with Crippen molar-refractivity contribution in [2.24, 2.45) is 0 Å². The molecule has 19 heavy (non-hydrogen) atoms. The first-order valence-electron chi connectivity index (χ1n) is 6.61. The van der Waals surface area contributed by atoms with Crippen LogP contribution in [-0.2, 0) is 16.4 Å². The summed E-state index contributed by atoms with van der Waals surface area (Å²) >= 11 is 0. The van der Waals surface area contributed by atoms with E-state index in [9.17, 15) is 8.42 Å². The number of nitrogens with one attached hydrogen (secondary N) is 1. The highest BCUT2D eigenvalue weighted by atomic mass is 32.2. The van der Waals surface area contributed by atoms with Gasteiger partial charge in [0.1, 0.15) is 0 Å². The zero-order valence-electron chi connectivity index (χ0n) is 12.2. The minimum Gasteiger partial charge on any atom is -0.320 e. The molecule has 108 valence electrons. The van der Waals surface area contributed by atoms with Crippen molar-refractivity contribution in [2.45, 2.75) is 37.6 Å². The molecule has 0 aromatic heterocycles. The average Bonchev–Trinajstić information content (AvgIpc) is 2.38. The normalized spacial score (nSPS) is 12.3. The zero-order chi connectivity index (χ0) is 14.5. The van der Waals surface area contributed by atoms with Gasteiger partial charge in [-0.2, -0.15) is 4.31 Å². The monoisotopic (exact) mass is 284 g/mol. The Morgan fingerprint density at radius 3 is 2.26 bits per heavy atom. The molecule has 0 aliphatic heterocycles. The third-order valence-corrected chi connectivity index (χ3v) is 5.27. The number of aryl methyl sites for hydroxylation is 1.